The van der Waals surface area contributed by atoms with Crippen LogP contribution in [0.1, 0.15) is 18.4 Å². The van der Waals surface area contributed by atoms with Crippen LogP contribution in [0.2, 0.25) is 0 Å². The lowest BCUT2D eigenvalue weighted by atomic mass is 9.86. The first-order valence-corrected chi connectivity index (χ1v) is 5.04. The Kier molecular flexibility index (Phi) is 2.63. The van der Waals surface area contributed by atoms with Crippen LogP contribution in [0, 0.1) is 5.82 Å². The smallest absolute Gasteiger partial charge is 0.133 e. The van der Waals surface area contributed by atoms with Gasteiger partial charge in [-0.15, -0.1) is 0 Å². The van der Waals surface area contributed by atoms with Gasteiger partial charge in [0.1, 0.15) is 17.2 Å². The maximum absolute atomic E-state index is 13.5. The molecule has 3 nitrogen and oxygen atoms in total. The standard InChI is InChI=1S/C11H14FNO2/c12-10-6-8(14)2-3-9(10)11(15)4-1-5-13-7-11/h2-3,6,13-15H,1,4-5,7H2. The highest BCUT2D eigenvalue weighted by Crippen LogP contribution is 2.31. The quantitative estimate of drug-likeness (QED) is 0.652. The minimum atomic E-state index is -1.14. The van der Waals surface area contributed by atoms with E-state index in [1.54, 1.807) is 0 Å². The number of hydrogen-bond acceptors (Lipinski definition) is 3. The number of aromatic hydroxyl groups is 1. The van der Waals surface area contributed by atoms with E-state index in [4.69, 9.17) is 5.11 Å². The number of rotatable bonds is 1. The van der Waals surface area contributed by atoms with E-state index in [1.807, 2.05) is 0 Å². The third-order valence-electron chi connectivity index (χ3n) is 2.82. The molecule has 0 spiro atoms. The van der Waals surface area contributed by atoms with Crippen molar-refractivity contribution in [2.75, 3.05) is 13.1 Å². The normalized spacial score (nSPS) is 26.5. The summed E-state index contributed by atoms with van der Waals surface area (Å²) in [5, 5.41) is 22.3. The molecule has 0 aliphatic carbocycles. The molecule has 1 aliphatic heterocycles. The second-order valence-electron chi connectivity index (χ2n) is 3.98. The molecular formula is C11H14FNO2. The van der Waals surface area contributed by atoms with Gasteiger partial charge in [0.05, 0.1) is 0 Å². The first-order valence-electron chi connectivity index (χ1n) is 5.04. The Bertz CT molecular complexity index is 362. The van der Waals surface area contributed by atoms with E-state index in [0.717, 1.165) is 19.0 Å². The molecule has 15 heavy (non-hydrogen) atoms. The predicted octanol–water partition coefficient (Wildman–Crippen LogP) is 1.10. The number of benzene rings is 1. The van der Waals surface area contributed by atoms with Crippen molar-refractivity contribution in [1.82, 2.24) is 5.32 Å². The van der Waals surface area contributed by atoms with Gasteiger partial charge < -0.3 is 15.5 Å². The minimum Gasteiger partial charge on any atom is -0.508 e. The van der Waals surface area contributed by atoms with Crippen LogP contribution in [0.25, 0.3) is 0 Å². The van der Waals surface area contributed by atoms with Gasteiger partial charge in [0.25, 0.3) is 0 Å². The van der Waals surface area contributed by atoms with E-state index in [1.165, 1.54) is 12.1 Å². The number of nitrogens with one attached hydrogen (secondary N) is 1. The van der Waals surface area contributed by atoms with Crippen LogP contribution in [-0.2, 0) is 5.60 Å². The zero-order valence-electron chi connectivity index (χ0n) is 8.33. The molecule has 0 amide bonds. The molecule has 1 aliphatic rings. The van der Waals surface area contributed by atoms with Gasteiger partial charge in [-0.2, -0.15) is 0 Å². The minimum absolute atomic E-state index is 0.122. The fourth-order valence-electron chi connectivity index (χ4n) is 2.00. The number of β-amino-alcohol motifs (C(OH)–C–C–N with tert-alkyl or cyclic N) is 1. The number of phenols is 1. The van der Waals surface area contributed by atoms with Crippen molar-refractivity contribution in [1.29, 1.82) is 0 Å². The van der Waals surface area contributed by atoms with E-state index in [2.05, 4.69) is 5.32 Å². The van der Waals surface area contributed by atoms with Crippen LogP contribution < -0.4 is 5.32 Å². The topological polar surface area (TPSA) is 52.5 Å². The highest BCUT2D eigenvalue weighted by molar-refractivity contribution is 5.32. The highest BCUT2D eigenvalue weighted by Gasteiger charge is 2.33. The summed E-state index contributed by atoms with van der Waals surface area (Å²) in [6.45, 7) is 1.21. The lowest BCUT2D eigenvalue weighted by Gasteiger charge is -2.33. The summed E-state index contributed by atoms with van der Waals surface area (Å²) in [4.78, 5) is 0. The first-order chi connectivity index (χ1) is 7.12. The van der Waals surface area contributed by atoms with Crippen molar-refractivity contribution in [3.8, 4) is 5.75 Å². The lowest BCUT2D eigenvalue weighted by molar-refractivity contribution is 0.00905. The second kappa shape index (κ2) is 3.79. The first kappa shape index (κ1) is 10.4. The monoisotopic (exact) mass is 211 g/mol. The molecule has 1 atom stereocenters. The van der Waals surface area contributed by atoms with Crippen LogP contribution in [0.4, 0.5) is 4.39 Å². The van der Waals surface area contributed by atoms with Crippen molar-refractivity contribution in [2.45, 2.75) is 18.4 Å². The fraction of sp³-hybridized carbons (Fsp3) is 0.455. The van der Waals surface area contributed by atoms with Gasteiger partial charge in [0, 0.05) is 18.2 Å². The van der Waals surface area contributed by atoms with E-state index < -0.39 is 11.4 Å². The van der Waals surface area contributed by atoms with Crippen molar-refractivity contribution < 1.29 is 14.6 Å². The molecule has 1 unspecified atom stereocenters. The zero-order chi connectivity index (χ0) is 10.9. The molecule has 0 saturated carbocycles. The molecule has 1 fully saturated rings. The predicted molar refractivity (Wildman–Crippen MR) is 54.1 cm³/mol. The molecule has 0 radical (unpaired) electrons. The van der Waals surface area contributed by atoms with E-state index in [-0.39, 0.29) is 11.3 Å². The number of piperidine rings is 1. The molecular weight excluding hydrogens is 197 g/mol. The van der Waals surface area contributed by atoms with Gasteiger partial charge in [0.15, 0.2) is 0 Å². The van der Waals surface area contributed by atoms with E-state index >= 15 is 0 Å². The molecule has 1 heterocycles. The van der Waals surface area contributed by atoms with Gasteiger partial charge >= 0.3 is 0 Å². The van der Waals surface area contributed by atoms with Gasteiger partial charge in [0.2, 0.25) is 0 Å². The van der Waals surface area contributed by atoms with Crippen molar-refractivity contribution >= 4 is 0 Å². The Morgan fingerprint density at radius 3 is 2.80 bits per heavy atom. The molecule has 1 saturated heterocycles. The molecule has 1 aromatic rings. The summed E-state index contributed by atoms with van der Waals surface area (Å²) in [6, 6.07) is 3.87. The maximum Gasteiger partial charge on any atom is 0.133 e. The van der Waals surface area contributed by atoms with Gasteiger partial charge in [-0.3, -0.25) is 0 Å². The molecule has 4 heteroatoms. The molecule has 2 rings (SSSR count). The third kappa shape index (κ3) is 1.96. The molecule has 0 aromatic heterocycles. The largest absolute Gasteiger partial charge is 0.508 e. The summed E-state index contributed by atoms with van der Waals surface area (Å²) < 4.78 is 13.5. The van der Waals surface area contributed by atoms with Crippen molar-refractivity contribution in [3.63, 3.8) is 0 Å². The van der Waals surface area contributed by atoms with Crippen LogP contribution in [-0.4, -0.2) is 23.3 Å². The Hall–Kier alpha value is -1.13. The summed E-state index contributed by atoms with van der Waals surface area (Å²) in [7, 11) is 0. The molecule has 0 bridgehead atoms. The lowest BCUT2D eigenvalue weighted by Crippen LogP contribution is -2.43. The Morgan fingerprint density at radius 1 is 1.40 bits per heavy atom. The number of hydrogen-bond donors (Lipinski definition) is 3. The van der Waals surface area contributed by atoms with Crippen LogP contribution in [0.3, 0.4) is 0 Å². The van der Waals surface area contributed by atoms with Crippen LogP contribution in [0.5, 0.6) is 5.75 Å². The van der Waals surface area contributed by atoms with Gasteiger partial charge in [-0.05, 0) is 31.5 Å². The highest BCUT2D eigenvalue weighted by atomic mass is 19.1. The zero-order valence-corrected chi connectivity index (χ0v) is 8.33. The summed E-state index contributed by atoms with van der Waals surface area (Å²) in [6.07, 6.45) is 1.36. The van der Waals surface area contributed by atoms with E-state index in [9.17, 15) is 9.50 Å². The third-order valence-corrected chi connectivity index (χ3v) is 2.82. The van der Waals surface area contributed by atoms with E-state index in [0.29, 0.717) is 13.0 Å². The summed E-state index contributed by atoms with van der Waals surface area (Å²) in [5.41, 5.74) is -0.886. The average molecular weight is 211 g/mol. The molecule has 3 N–H and O–H groups in total. The number of aliphatic hydroxyl groups is 1. The fourth-order valence-corrected chi connectivity index (χ4v) is 2.00. The number of halogens is 1. The van der Waals surface area contributed by atoms with Gasteiger partial charge in [-0.1, -0.05) is 0 Å². The molecule has 1 aromatic carbocycles. The van der Waals surface area contributed by atoms with Gasteiger partial charge in [-0.25, -0.2) is 4.39 Å². The van der Waals surface area contributed by atoms with Crippen molar-refractivity contribution in [2.24, 2.45) is 0 Å². The van der Waals surface area contributed by atoms with Crippen LogP contribution in [0.15, 0.2) is 18.2 Å². The number of phenolic OH excluding ortho intramolecular Hbond substituents is 1. The molecule has 82 valence electrons. The summed E-state index contributed by atoms with van der Waals surface area (Å²) >= 11 is 0. The SMILES string of the molecule is Oc1ccc(C2(O)CCCNC2)c(F)c1. The Balaban J connectivity index is 2.35. The van der Waals surface area contributed by atoms with Crippen molar-refractivity contribution in [3.05, 3.63) is 29.6 Å². The second-order valence-corrected chi connectivity index (χ2v) is 3.98. The Morgan fingerprint density at radius 2 is 2.20 bits per heavy atom. The van der Waals surface area contributed by atoms with Crippen LogP contribution >= 0.6 is 0 Å². The maximum atomic E-state index is 13.5. The average Bonchev–Trinajstić information content (AvgIpc) is 2.18. The Labute approximate surface area is 87.6 Å². The summed E-state index contributed by atoms with van der Waals surface area (Å²) in [5.74, 6) is -0.676.